The summed E-state index contributed by atoms with van der Waals surface area (Å²) in [5.74, 6) is 1.15. The molecule has 0 saturated heterocycles. The highest BCUT2D eigenvalue weighted by atomic mass is 35.5. The van der Waals surface area contributed by atoms with Crippen molar-refractivity contribution in [1.29, 1.82) is 0 Å². The van der Waals surface area contributed by atoms with E-state index in [-0.39, 0.29) is 4.87 Å². The van der Waals surface area contributed by atoms with Gasteiger partial charge in [0.25, 0.3) is 0 Å². The topological polar surface area (TPSA) is 57.2 Å². The number of nitro groups is 1. The molecule has 0 heterocycles. The molecule has 0 aromatic carbocycles. The summed E-state index contributed by atoms with van der Waals surface area (Å²) in [6, 6.07) is 0. The summed E-state index contributed by atoms with van der Waals surface area (Å²) in [6.07, 6.45) is 5.79. The van der Waals surface area contributed by atoms with Crippen molar-refractivity contribution in [3.63, 3.8) is 0 Å². The average Bonchev–Trinajstić information content (AvgIpc) is 1.94. The molecule has 5 heteroatoms. The summed E-state index contributed by atoms with van der Waals surface area (Å²) < 4.78 is 0. The minimum absolute atomic E-state index is 0.177. The third-order valence-corrected chi connectivity index (χ3v) is 4.69. The summed E-state index contributed by atoms with van der Waals surface area (Å²) in [6.45, 7) is 0. The second-order valence-electron chi connectivity index (χ2n) is 5.67. The van der Waals surface area contributed by atoms with Gasteiger partial charge in [-0.2, -0.15) is 0 Å². The third-order valence-electron chi connectivity index (χ3n) is 4.25. The van der Waals surface area contributed by atoms with Gasteiger partial charge in [-0.1, -0.05) is 12.8 Å². The largest absolute Gasteiger partial charge is 0.372 e. The Labute approximate surface area is 93.5 Å². The SMILES string of the molecule is O=[N+]([O-])[N-]C12C[C@@H]3C[C@@H](CC(Cl)(C3)C1)C2. The number of halogens is 1. The highest BCUT2D eigenvalue weighted by Gasteiger charge is 2.54. The van der Waals surface area contributed by atoms with Gasteiger partial charge in [-0.05, 0) is 48.1 Å². The van der Waals surface area contributed by atoms with E-state index in [4.69, 9.17) is 11.6 Å². The molecule has 0 aliphatic heterocycles. The summed E-state index contributed by atoms with van der Waals surface area (Å²) in [4.78, 5) is 10.4. The average molecular weight is 230 g/mol. The van der Waals surface area contributed by atoms with Crippen LogP contribution in [-0.4, -0.2) is 15.4 Å². The van der Waals surface area contributed by atoms with E-state index >= 15 is 0 Å². The van der Waals surface area contributed by atoms with Crippen molar-refractivity contribution in [1.82, 2.24) is 0 Å². The van der Waals surface area contributed by atoms with Gasteiger partial charge >= 0.3 is 0 Å². The molecule has 0 amide bonds. The van der Waals surface area contributed by atoms with Crippen LogP contribution in [0, 0.1) is 22.0 Å². The Kier molecular flexibility index (Phi) is 1.80. The number of alkyl halides is 1. The van der Waals surface area contributed by atoms with E-state index in [2.05, 4.69) is 5.43 Å². The summed E-state index contributed by atoms with van der Waals surface area (Å²) in [7, 11) is 0. The van der Waals surface area contributed by atoms with Crippen molar-refractivity contribution < 1.29 is 5.03 Å². The Hall–Kier alpha value is -0.510. The van der Waals surface area contributed by atoms with Crippen LogP contribution in [-0.2, 0) is 0 Å². The van der Waals surface area contributed by atoms with Gasteiger partial charge in [0.05, 0.1) is 0 Å². The minimum Gasteiger partial charge on any atom is -0.372 e. The lowest BCUT2D eigenvalue weighted by molar-refractivity contribution is -0.440. The molecule has 0 radical (unpaired) electrons. The monoisotopic (exact) mass is 229 g/mol. The number of hydrogen-bond donors (Lipinski definition) is 0. The number of rotatable bonds is 2. The minimum atomic E-state index is -0.507. The molecule has 4 fully saturated rings. The first-order valence-electron chi connectivity index (χ1n) is 5.55. The molecule has 4 atom stereocenters. The Morgan fingerprint density at radius 3 is 2.33 bits per heavy atom. The van der Waals surface area contributed by atoms with Crippen molar-refractivity contribution in [3.8, 4) is 0 Å². The molecule has 4 aliphatic carbocycles. The highest BCUT2D eigenvalue weighted by Crippen LogP contribution is 2.62. The van der Waals surface area contributed by atoms with E-state index < -0.39 is 10.6 Å². The fraction of sp³-hybridized carbons (Fsp3) is 1.00. The maximum Gasteiger partial charge on any atom is 0.0444 e. The maximum atomic E-state index is 10.6. The van der Waals surface area contributed by atoms with Gasteiger partial charge in [0.2, 0.25) is 0 Å². The number of nitrogens with zero attached hydrogens (tertiary/aromatic N) is 2. The first-order valence-corrected chi connectivity index (χ1v) is 5.93. The van der Waals surface area contributed by atoms with Gasteiger partial charge in [-0.3, -0.25) is 10.1 Å². The van der Waals surface area contributed by atoms with Crippen LogP contribution in [0.15, 0.2) is 0 Å². The zero-order chi connectivity index (χ0) is 10.7. The molecule has 0 spiro atoms. The van der Waals surface area contributed by atoms with Crippen LogP contribution in [0.5, 0.6) is 0 Å². The summed E-state index contributed by atoms with van der Waals surface area (Å²) in [5.41, 5.74) is 3.33. The quantitative estimate of drug-likeness (QED) is 0.415. The molecule has 4 bridgehead atoms. The normalized spacial score (nSPS) is 51.8. The molecule has 4 aliphatic rings. The van der Waals surface area contributed by atoms with E-state index in [1.807, 2.05) is 0 Å². The Bertz CT molecular complexity index is 307. The zero-order valence-electron chi connectivity index (χ0n) is 8.49. The van der Waals surface area contributed by atoms with Crippen LogP contribution < -0.4 is 0 Å². The van der Waals surface area contributed by atoms with Gasteiger partial charge in [0, 0.05) is 4.87 Å². The molecule has 0 aromatic heterocycles. The third kappa shape index (κ3) is 1.50. The van der Waals surface area contributed by atoms with Gasteiger partial charge < -0.3 is 5.43 Å². The van der Waals surface area contributed by atoms with E-state index in [1.165, 1.54) is 6.42 Å². The van der Waals surface area contributed by atoms with Crippen molar-refractivity contribution >= 4 is 11.6 Å². The summed E-state index contributed by atoms with van der Waals surface area (Å²) >= 11 is 6.52. The molecular weight excluding hydrogens is 216 g/mol. The van der Waals surface area contributed by atoms with Gasteiger partial charge in [-0.25, -0.2) is 0 Å². The standard InChI is InChI=1S/C10H14ClN2O2/c11-9-2-7-1-8(3-9)5-10(4-7,6-9)12-13(14)15/h7-8H,1-6H2/q-1/t7-,8+,9?,10?. The molecule has 4 saturated carbocycles. The fourth-order valence-electron chi connectivity index (χ4n) is 4.39. The number of hydrogen-bond acceptors (Lipinski definition) is 2. The van der Waals surface area contributed by atoms with Gasteiger partial charge in [0.15, 0.2) is 0 Å². The van der Waals surface area contributed by atoms with E-state index in [9.17, 15) is 10.1 Å². The smallest absolute Gasteiger partial charge is 0.0444 e. The Balaban J connectivity index is 1.89. The first kappa shape index (κ1) is 9.70. The van der Waals surface area contributed by atoms with Crippen LogP contribution in [0.2, 0.25) is 0 Å². The Morgan fingerprint density at radius 1 is 1.27 bits per heavy atom. The molecule has 4 rings (SSSR count). The molecule has 15 heavy (non-hydrogen) atoms. The second kappa shape index (κ2) is 2.78. The van der Waals surface area contributed by atoms with Crippen molar-refractivity contribution in [2.75, 3.05) is 0 Å². The molecular formula is C10H14ClN2O2-. The van der Waals surface area contributed by atoms with Crippen LogP contribution in [0.25, 0.3) is 5.43 Å². The predicted octanol–water partition coefficient (Wildman–Crippen LogP) is 2.88. The molecule has 0 N–H and O–H groups in total. The van der Waals surface area contributed by atoms with E-state index in [1.54, 1.807) is 0 Å². The van der Waals surface area contributed by atoms with Gasteiger partial charge in [-0.15, -0.1) is 11.6 Å². The predicted molar refractivity (Wildman–Crippen MR) is 56.4 cm³/mol. The van der Waals surface area contributed by atoms with Crippen LogP contribution in [0.1, 0.15) is 38.5 Å². The molecule has 4 nitrogen and oxygen atoms in total. The zero-order valence-corrected chi connectivity index (χ0v) is 9.24. The Morgan fingerprint density at radius 2 is 1.87 bits per heavy atom. The lowest BCUT2D eigenvalue weighted by atomic mass is 9.53. The van der Waals surface area contributed by atoms with Crippen LogP contribution in [0.4, 0.5) is 0 Å². The molecule has 0 aromatic rings. The lowest BCUT2D eigenvalue weighted by Crippen LogP contribution is -2.56. The summed E-state index contributed by atoms with van der Waals surface area (Å²) in [5, 5.41) is 10.1. The fourth-order valence-corrected chi connectivity index (χ4v) is 5.08. The molecule has 2 unspecified atom stereocenters. The second-order valence-corrected chi connectivity index (χ2v) is 6.48. The van der Waals surface area contributed by atoms with Gasteiger partial charge in [0.1, 0.15) is 0 Å². The maximum absolute atomic E-state index is 10.6. The van der Waals surface area contributed by atoms with E-state index in [0.717, 1.165) is 32.1 Å². The van der Waals surface area contributed by atoms with E-state index in [0.29, 0.717) is 11.8 Å². The van der Waals surface area contributed by atoms with Crippen LogP contribution >= 0.6 is 11.6 Å². The van der Waals surface area contributed by atoms with Crippen molar-refractivity contribution in [2.45, 2.75) is 48.9 Å². The van der Waals surface area contributed by atoms with Crippen molar-refractivity contribution in [3.05, 3.63) is 15.5 Å². The van der Waals surface area contributed by atoms with Crippen LogP contribution in [0.3, 0.4) is 0 Å². The lowest BCUT2D eigenvalue weighted by Gasteiger charge is -2.63. The van der Waals surface area contributed by atoms with Crippen molar-refractivity contribution in [2.24, 2.45) is 11.8 Å². The molecule has 84 valence electrons. The highest BCUT2D eigenvalue weighted by molar-refractivity contribution is 6.24. The first-order chi connectivity index (χ1) is 6.99.